The third kappa shape index (κ3) is 5.36. The van der Waals surface area contributed by atoms with Crippen LogP contribution >= 0.6 is 0 Å². The number of aliphatic carboxylic acids is 1. The lowest BCUT2D eigenvalue weighted by molar-refractivity contribution is -0.137. The van der Waals surface area contributed by atoms with Gasteiger partial charge in [0.2, 0.25) is 5.91 Å². The van der Waals surface area contributed by atoms with Crippen molar-refractivity contribution in [2.45, 2.75) is 31.4 Å². The summed E-state index contributed by atoms with van der Waals surface area (Å²) in [6.45, 7) is 1.23. The van der Waals surface area contributed by atoms with Gasteiger partial charge in [0, 0.05) is 6.42 Å². The molecule has 0 heterocycles. The zero-order valence-electron chi connectivity index (χ0n) is 8.47. The lowest BCUT2D eigenvalue weighted by Crippen LogP contribution is -2.34. The van der Waals surface area contributed by atoms with E-state index in [2.05, 4.69) is 0 Å². The Morgan fingerprint density at radius 2 is 1.87 bits per heavy atom. The third-order valence-corrected chi connectivity index (χ3v) is 4.18. The zero-order valence-corrected chi connectivity index (χ0v) is 9.29. The van der Waals surface area contributed by atoms with Crippen LogP contribution in [0.1, 0.15) is 26.2 Å². The molecule has 1 unspecified atom stereocenters. The molecule has 6 nitrogen and oxygen atoms in total. The van der Waals surface area contributed by atoms with Crippen LogP contribution in [0, 0.1) is 0 Å². The molecule has 0 aliphatic carbocycles. The van der Waals surface area contributed by atoms with Crippen molar-refractivity contribution in [1.82, 2.24) is 0 Å². The van der Waals surface area contributed by atoms with Crippen LogP contribution in [0.5, 0.6) is 0 Å². The summed E-state index contributed by atoms with van der Waals surface area (Å²) in [6.07, 6.45) is 0.437. The van der Waals surface area contributed by atoms with E-state index in [1.165, 1.54) is 6.92 Å². The molecule has 3 N–H and O–H groups in total. The first-order valence-corrected chi connectivity index (χ1v) is 6.21. The number of nitrogens with two attached hydrogens (primary N) is 1. The fourth-order valence-corrected chi connectivity index (χ4v) is 2.25. The molecule has 1 amide bonds. The highest BCUT2D eigenvalue weighted by molar-refractivity contribution is 7.92. The van der Waals surface area contributed by atoms with E-state index < -0.39 is 27.0 Å². The summed E-state index contributed by atoms with van der Waals surface area (Å²) in [5, 5.41) is 7.11. The van der Waals surface area contributed by atoms with Crippen LogP contribution in [0.25, 0.3) is 0 Å². The number of sulfone groups is 1. The number of carboxylic acid groups (broad SMARTS) is 1. The fraction of sp³-hybridized carbons (Fsp3) is 0.750. The number of carbonyl (C=O) groups excluding carboxylic acids is 1. The van der Waals surface area contributed by atoms with Crippen molar-refractivity contribution in [2.24, 2.45) is 5.73 Å². The van der Waals surface area contributed by atoms with Gasteiger partial charge < -0.3 is 10.8 Å². The molecule has 88 valence electrons. The predicted molar refractivity (Wildman–Crippen MR) is 53.9 cm³/mol. The highest BCUT2D eigenvalue weighted by atomic mass is 32.2. The van der Waals surface area contributed by atoms with E-state index in [-0.39, 0.29) is 25.0 Å². The number of rotatable bonds is 7. The van der Waals surface area contributed by atoms with Crippen LogP contribution in [-0.4, -0.2) is 36.4 Å². The lowest BCUT2D eigenvalue weighted by Gasteiger charge is -2.08. The van der Waals surface area contributed by atoms with E-state index in [4.69, 9.17) is 10.8 Å². The van der Waals surface area contributed by atoms with E-state index in [0.29, 0.717) is 0 Å². The Morgan fingerprint density at radius 3 is 2.27 bits per heavy atom. The van der Waals surface area contributed by atoms with Gasteiger partial charge in [-0.05, 0) is 19.8 Å². The summed E-state index contributed by atoms with van der Waals surface area (Å²) in [4.78, 5) is 20.8. The minimum absolute atomic E-state index is 0.0690. The van der Waals surface area contributed by atoms with E-state index in [1.54, 1.807) is 0 Å². The second-order valence-electron chi connectivity index (χ2n) is 3.26. The monoisotopic (exact) mass is 237 g/mol. The largest absolute Gasteiger partial charge is 0.481 e. The van der Waals surface area contributed by atoms with E-state index >= 15 is 0 Å². The fourth-order valence-electron chi connectivity index (χ4n) is 0.933. The summed E-state index contributed by atoms with van der Waals surface area (Å²) in [7, 11) is -3.52. The first-order valence-electron chi connectivity index (χ1n) is 4.50. The summed E-state index contributed by atoms with van der Waals surface area (Å²) < 4.78 is 22.7. The minimum atomic E-state index is -3.52. The van der Waals surface area contributed by atoms with Gasteiger partial charge in [0.05, 0.1) is 5.75 Å². The summed E-state index contributed by atoms with van der Waals surface area (Å²) in [5.41, 5.74) is 4.86. The molecule has 1 atom stereocenters. The number of amides is 1. The molecular weight excluding hydrogens is 222 g/mol. The van der Waals surface area contributed by atoms with Crippen LogP contribution in [-0.2, 0) is 19.4 Å². The minimum Gasteiger partial charge on any atom is -0.481 e. The molecule has 15 heavy (non-hydrogen) atoms. The van der Waals surface area contributed by atoms with Gasteiger partial charge in [0.1, 0.15) is 5.25 Å². The van der Waals surface area contributed by atoms with Crippen molar-refractivity contribution in [2.75, 3.05) is 5.75 Å². The normalized spacial score (nSPS) is 13.4. The highest BCUT2D eigenvalue weighted by Gasteiger charge is 2.25. The third-order valence-electron chi connectivity index (χ3n) is 2.01. The van der Waals surface area contributed by atoms with Gasteiger partial charge in [-0.2, -0.15) is 0 Å². The van der Waals surface area contributed by atoms with Gasteiger partial charge in [-0.15, -0.1) is 0 Å². The Hall–Kier alpha value is -1.11. The first-order chi connectivity index (χ1) is 6.77. The number of carboxylic acids is 1. The van der Waals surface area contributed by atoms with Crippen molar-refractivity contribution in [3.8, 4) is 0 Å². The number of hydrogen-bond acceptors (Lipinski definition) is 4. The average Bonchev–Trinajstić information content (AvgIpc) is 2.10. The molecule has 0 saturated heterocycles. The molecule has 0 saturated carbocycles. The van der Waals surface area contributed by atoms with Gasteiger partial charge in [-0.25, -0.2) is 8.42 Å². The Bertz CT molecular complexity index is 335. The second kappa shape index (κ2) is 5.69. The molecule has 0 aromatic rings. The predicted octanol–water partition coefficient (Wildman–Crippen LogP) is -0.470. The molecule has 0 aliphatic heterocycles. The highest BCUT2D eigenvalue weighted by Crippen LogP contribution is 2.06. The van der Waals surface area contributed by atoms with Gasteiger partial charge in [-0.1, -0.05) is 0 Å². The Morgan fingerprint density at radius 1 is 1.33 bits per heavy atom. The van der Waals surface area contributed by atoms with E-state index in [0.717, 1.165) is 0 Å². The van der Waals surface area contributed by atoms with Crippen molar-refractivity contribution < 1.29 is 23.1 Å². The molecular formula is C8H15NO5S. The molecule has 0 spiro atoms. The molecule has 0 aromatic heterocycles. The van der Waals surface area contributed by atoms with Gasteiger partial charge in [-0.3, -0.25) is 9.59 Å². The molecule has 0 radical (unpaired) electrons. The van der Waals surface area contributed by atoms with Crippen LogP contribution in [0.3, 0.4) is 0 Å². The lowest BCUT2D eigenvalue weighted by atomic mass is 10.2. The zero-order chi connectivity index (χ0) is 12.1. The van der Waals surface area contributed by atoms with Gasteiger partial charge in [0.25, 0.3) is 0 Å². The molecule has 0 bridgehead atoms. The number of carbonyl (C=O) groups is 2. The van der Waals surface area contributed by atoms with Crippen LogP contribution < -0.4 is 5.73 Å². The maximum atomic E-state index is 11.4. The molecule has 0 aromatic carbocycles. The van der Waals surface area contributed by atoms with Crippen LogP contribution in [0.2, 0.25) is 0 Å². The Labute approximate surface area is 88.4 Å². The maximum absolute atomic E-state index is 11.4. The van der Waals surface area contributed by atoms with Crippen molar-refractivity contribution in [3.05, 3.63) is 0 Å². The Kier molecular flexibility index (Phi) is 5.27. The van der Waals surface area contributed by atoms with Crippen LogP contribution in [0.15, 0.2) is 0 Å². The van der Waals surface area contributed by atoms with Crippen molar-refractivity contribution >= 4 is 21.7 Å². The number of hydrogen-bond donors (Lipinski definition) is 2. The van der Waals surface area contributed by atoms with E-state index in [1.807, 2.05) is 0 Å². The maximum Gasteiger partial charge on any atom is 0.303 e. The SMILES string of the molecule is CC(C(N)=O)S(=O)(=O)CCCCC(=O)O. The van der Waals surface area contributed by atoms with Gasteiger partial charge >= 0.3 is 5.97 Å². The molecule has 0 rings (SSSR count). The molecule has 0 fully saturated rings. The standard InChI is InChI=1S/C8H15NO5S/c1-6(8(9)12)15(13,14)5-3-2-4-7(10)11/h6H,2-5H2,1H3,(H2,9,12)(H,10,11). The topological polar surface area (TPSA) is 115 Å². The first kappa shape index (κ1) is 13.9. The quantitative estimate of drug-likeness (QED) is 0.581. The molecule has 7 heteroatoms. The number of unbranched alkanes of at least 4 members (excludes halogenated alkanes) is 1. The van der Waals surface area contributed by atoms with Gasteiger partial charge in [0.15, 0.2) is 9.84 Å². The number of primary amides is 1. The summed E-state index contributed by atoms with van der Waals surface area (Å²) in [5.74, 6) is -2.05. The second-order valence-corrected chi connectivity index (χ2v) is 5.70. The Balaban J connectivity index is 4.06. The average molecular weight is 237 g/mol. The smallest absolute Gasteiger partial charge is 0.303 e. The summed E-state index contributed by atoms with van der Waals surface area (Å²) >= 11 is 0. The van der Waals surface area contributed by atoms with Crippen molar-refractivity contribution in [3.63, 3.8) is 0 Å². The molecule has 0 aliphatic rings. The van der Waals surface area contributed by atoms with Crippen LogP contribution in [0.4, 0.5) is 0 Å². The van der Waals surface area contributed by atoms with E-state index in [9.17, 15) is 18.0 Å². The summed E-state index contributed by atoms with van der Waals surface area (Å²) in [6, 6.07) is 0. The van der Waals surface area contributed by atoms with Crippen molar-refractivity contribution in [1.29, 1.82) is 0 Å².